The Morgan fingerprint density at radius 2 is 2.36 bits per heavy atom. The molecule has 4 heterocycles. The highest BCUT2D eigenvalue weighted by molar-refractivity contribution is 7.13. The number of thiazole rings is 1. The summed E-state index contributed by atoms with van der Waals surface area (Å²) in [5.41, 5.74) is 0.972. The average molecular weight is 395 g/mol. The van der Waals surface area contributed by atoms with Crippen molar-refractivity contribution in [3.63, 3.8) is 0 Å². The number of amides is 1. The first-order valence-corrected chi connectivity index (χ1v) is 10.1. The number of nitrogens with one attached hydrogen (secondary N) is 1. The maximum Gasteiger partial charge on any atom is 0.246 e. The van der Waals surface area contributed by atoms with Crippen molar-refractivity contribution in [2.45, 2.75) is 19.3 Å². The van der Waals surface area contributed by atoms with Gasteiger partial charge in [-0.15, -0.1) is 11.3 Å². The highest BCUT2D eigenvalue weighted by atomic mass is 32.1. The minimum absolute atomic E-state index is 0.0231. The summed E-state index contributed by atoms with van der Waals surface area (Å²) >= 11 is 1.53. The normalized spacial score (nSPS) is 17.1. The number of anilines is 2. The molecule has 1 aliphatic rings. The molecular formula is C20H21N5O2S. The van der Waals surface area contributed by atoms with Gasteiger partial charge in [0.15, 0.2) is 5.13 Å². The molecule has 0 spiro atoms. The molecule has 1 unspecified atom stereocenters. The average Bonchev–Trinajstić information content (AvgIpc) is 3.41. The number of likely N-dealkylation sites (tertiary alicyclic amines) is 1. The third-order valence-electron chi connectivity index (χ3n) is 4.65. The minimum Gasteiger partial charge on any atom is -0.465 e. The van der Waals surface area contributed by atoms with Crippen LogP contribution in [0.25, 0.3) is 6.08 Å². The Balaban J connectivity index is 1.35. The summed E-state index contributed by atoms with van der Waals surface area (Å²) in [4.78, 5) is 27.3. The highest BCUT2D eigenvalue weighted by Crippen LogP contribution is 2.22. The molecule has 1 saturated heterocycles. The third kappa shape index (κ3) is 4.83. The molecular weight excluding hydrogens is 374 g/mol. The number of hydrogen-bond acceptors (Lipinski definition) is 7. The van der Waals surface area contributed by atoms with Crippen LogP contribution in [0.15, 0.2) is 52.9 Å². The first kappa shape index (κ1) is 18.4. The predicted octanol–water partition coefficient (Wildman–Crippen LogP) is 3.76. The number of hydrogen-bond donors (Lipinski definition) is 1. The molecule has 0 radical (unpaired) electrons. The molecule has 0 aliphatic carbocycles. The van der Waals surface area contributed by atoms with Crippen molar-refractivity contribution in [3.8, 4) is 0 Å². The first-order valence-electron chi connectivity index (χ1n) is 9.24. The number of carbonyl (C=O) groups is 1. The van der Waals surface area contributed by atoms with E-state index in [1.54, 1.807) is 37.0 Å². The van der Waals surface area contributed by atoms with Gasteiger partial charge in [-0.25, -0.2) is 15.0 Å². The monoisotopic (exact) mass is 395 g/mol. The lowest BCUT2D eigenvalue weighted by Gasteiger charge is -2.32. The maximum atomic E-state index is 12.5. The van der Waals surface area contributed by atoms with Gasteiger partial charge in [0, 0.05) is 42.5 Å². The van der Waals surface area contributed by atoms with Crippen molar-refractivity contribution >= 4 is 34.3 Å². The van der Waals surface area contributed by atoms with E-state index in [-0.39, 0.29) is 5.91 Å². The number of furan rings is 1. The third-order valence-corrected chi connectivity index (χ3v) is 5.34. The van der Waals surface area contributed by atoms with Crippen molar-refractivity contribution in [3.05, 3.63) is 59.9 Å². The SMILES string of the molecule is O=C(/C=C/c1ccco1)N1CCCC(Cc2cc(Nc3nccs3)ncn2)C1. The quantitative estimate of drug-likeness (QED) is 0.640. The summed E-state index contributed by atoms with van der Waals surface area (Å²) in [6.07, 6.45) is 11.1. The van der Waals surface area contributed by atoms with Crippen LogP contribution in [0.2, 0.25) is 0 Å². The molecule has 28 heavy (non-hydrogen) atoms. The van der Waals surface area contributed by atoms with Crippen LogP contribution in [0.4, 0.5) is 10.9 Å². The molecule has 3 aromatic heterocycles. The zero-order valence-electron chi connectivity index (χ0n) is 15.3. The van der Waals surface area contributed by atoms with Gasteiger partial charge in [0.05, 0.1) is 6.26 Å². The molecule has 0 bridgehead atoms. The Labute approximate surface area is 167 Å². The van der Waals surface area contributed by atoms with Crippen LogP contribution >= 0.6 is 11.3 Å². The van der Waals surface area contributed by atoms with E-state index in [1.165, 1.54) is 11.3 Å². The summed E-state index contributed by atoms with van der Waals surface area (Å²) in [6, 6.07) is 5.59. The summed E-state index contributed by atoms with van der Waals surface area (Å²) in [5.74, 6) is 1.83. The fourth-order valence-corrected chi connectivity index (χ4v) is 3.88. The molecule has 1 aliphatic heterocycles. The first-order chi connectivity index (χ1) is 13.8. The minimum atomic E-state index is 0.0231. The molecule has 1 N–H and O–H groups in total. The van der Waals surface area contributed by atoms with E-state index in [0.29, 0.717) is 11.7 Å². The lowest BCUT2D eigenvalue weighted by atomic mass is 9.93. The Kier molecular flexibility index (Phi) is 5.77. The van der Waals surface area contributed by atoms with Crippen LogP contribution in [0.3, 0.4) is 0 Å². The molecule has 7 nitrogen and oxygen atoms in total. The largest absolute Gasteiger partial charge is 0.465 e. The van der Waals surface area contributed by atoms with Gasteiger partial charge in [0.2, 0.25) is 5.91 Å². The van der Waals surface area contributed by atoms with Gasteiger partial charge >= 0.3 is 0 Å². The number of piperidine rings is 1. The topological polar surface area (TPSA) is 84.2 Å². The van der Waals surface area contributed by atoms with Gasteiger partial charge in [-0.2, -0.15) is 0 Å². The number of aromatic nitrogens is 3. The van der Waals surface area contributed by atoms with E-state index in [0.717, 1.165) is 49.0 Å². The van der Waals surface area contributed by atoms with Crippen LogP contribution < -0.4 is 5.32 Å². The van der Waals surface area contributed by atoms with Gasteiger partial charge in [-0.05, 0) is 43.4 Å². The number of nitrogens with zero attached hydrogens (tertiary/aromatic N) is 4. The molecule has 0 saturated carbocycles. The van der Waals surface area contributed by atoms with E-state index < -0.39 is 0 Å². The standard InChI is InChI=1S/C20H21N5O2S/c26-19(6-5-17-4-2-9-27-17)25-8-1-3-15(13-25)11-16-12-18(23-14-22-16)24-20-21-7-10-28-20/h2,4-7,9-10,12,14-15H,1,3,8,11,13H2,(H,21,22,23,24)/b6-5+. The number of rotatable bonds is 6. The second kappa shape index (κ2) is 8.79. The molecule has 144 valence electrons. The van der Waals surface area contributed by atoms with Gasteiger partial charge in [0.1, 0.15) is 17.9 Å². The molecule has 3 aromatic rings. The molecule has 0 aromatic carbocycles. The van der Waals surface area contributed by atoms with Crippen LogP contribution in [0.5, 0.6) is 0 Å². The zero-order valence-corrected chi connectivity index (χ0v) is 16.1. The Bertz CT molecular complexity index is 924. The van der Waals surface area contributed by atoms with E-state index in [4.69, 9.17) is 4.42 Å². The van der Waals surface area contributed by atoms with Crippen molar-refractivity contribution in [2.75, 3.05) is 18.4 Å². The molecule has 1 atom stereocenters. The van der Waals surface area contributed by atoms with Crippen LogP contribution in [-0.2, 0) is 11.2 Å². The lowest BCUT2D eigenvalue weighted by molar-refractivity contribution is -0.127. The van der Waals surface area contributed by atoms with E-state index in [1.807, 2.05) is 22.4 Å². The number of carbonyl (C=O) groups excluding carboxylic acids is 1. The van der Waals surface area contributed by atoms with Crippen LogP contribution in [0, 0.1) is 5.92 Å². The predicted molar refractivity (Wildman–Crippen MR) is 108 cm³/mol. The smallest absolute Gasteiger partial charge is 0.246 e. The molecule has 8 heteroatoms. The maximum absolute atomic E-state index is 12.5. The Morgan fingerprint density at radius 1 is 1.39 bits per heavy atom. The van der Waals surface area contributed by atoms with Gasteiger partial charge in [-0.3, -0.25) is 4.79 Å². The summed E-state index contributed by atoms with van der Waals surface area (Å²) in [7, 11) is 0. The molecule has 1 fully saturated rings. The highest BCUT2D eigenvalue weighted by Gasteiger charge is 2.23. The van der Waals surface area contributed by atoms with Gasteiger partial charge in [0.25, 0.3) is 0 Å². The van der Waals surface area contributed by atoms with Crippen molar-refractivity contribution in [1.82, 2.24) is 19.9 Å². The fraction of sp³-hybridized carbons (Fsp3) is 0.300. The van der Waals surface area contributed by atoms with Crippen molar-refractivity contribution in [2.24, 2.45) is 5.92 Å². The zero-order chi connectivity index (χ0) is 19.2. The van der Waals surface area contributed by atoms with Crippen LogP contribution in [0.1, 0.15) is 24.3 Å². The lowest BCUT2D eigenvalue weighted by Crippen LogP contribution is -2.39. The summed E-state index contributed by atoms with van der Waals surface area (Å²) in [6.45, 7) is 1.53. The van der Waals surface area contributed by atoms with E-state index >= 15 is 0 Å². The second-order valence-electron chi connectivity index (χ2n) is 6.70. The Morgan fingerprint density at radius 3 is 3.18 bits per heavy atom. The summed E-state index contributed by atoms with van der Waals surface area (Å²) in [5, 5.41) is 5.92. The fourth-order valence-electron chi connectivity index (χ4n) is 3.34. The Hall–Kier alpha value is -3.00. The van der Waals surface area contributed by atoms with Crippen molar-refractivity contribution < 1.29 is 9.21 Å². The van der Waals surface area contributed by atoms with Gasteiger partial charge in [-0.1, -0.05) is 0 Å². The molecule has 1 amide bonds. The summed E-state index contributed by atoms with van der Waals surface area (Å²) < 4.78 is 5.24. The molecule has 4 rings (SSSR count). The van der Waals surface area contributed by atoms with E-state index in [9.17, 15) is 4.79 Å². The van der Waals surface area contributed by atoms with Crippen molar-refractivity contribution in [1.29, 1.82) is 0 Å². The van der Waals surface area contributed by atoms with E-state index in [2.05, 4.69) is 20.3 Å². The van der Waals surface area contributed by atoms with Gasteiger partial charge < -0.3 is 14.6 Å². The van der Waals surface area contributed by atoms with Crippen LogP contribution in [-0.4, -0.2) is 38.8 Å². The second-order valence-corrected chi connectivity index (χ2v) is 7.60.